The summed E-state index contributed by atoms with van der Waals surface area (Å²) >= 11 is 0. The van der Waals surface area contributed by atoms with Crippen molar-refractivity contribution in [2.75, 3.05) is 6.61 Å². The van der Waals surface area contributed by atoms with Crippen LogP contribution in [0.4, 0.5) is 4.39 Å². The van der Waals surface area contributed by atoms with Crippen molar-refractivity contribution in [1.29, 1.82) is 0 Å². The summed E-state index contributed by atoms with van der Waals surface area (Å²) in [6, 6.07) is 7.98. The molecule has 0 amide bonds. The van der Waals surface area contributed by atoms with Gasteiger partial charge in [0.15, 0.2) is 0 Å². The zero-order valence-electron chi connectivity index (χ0n) is 12.8. The van der Waals surface area contributed by atoms with E-state index in [2.05, 4.69) is 5.10 Å². The standard InChI is InChI=1S/C16H21FN2O2/c1-15(2,3)16(4,20)11-21-14-9-10-18-19(14)13-8-6-5-7-12(13)17/h5-10,20H,11H2,1-4H3/t16-/m1/s1. The van der Waals surface area contributed by atoms with Gasteiger partial charge in [-0.05, 0) is 24.5 Å². The largest absolute Gasteiger partial charge is 0.475 e. The Balaban J connectivity index is 2.21. The fraction of sp³-hybridized carbons (Fsp3) is 0.438. The van der Waals surface area contributed by atoms with E-state index in [1.807, 2.05) is 20.8 Å². The van der Waals surface area contributed by atoms with Crippen LogP contribution in [0.3, 0.4) is 0 Å². The van der Waals surface area contributed by atoms with E-state index in [0.717, 1.165) is 0 Å². The number of benzene rings is 1. The Bertz CT molecular complexity index is 615. The fourth-order valence-electron chi connectivity index (χ4n) is 1.64. The summed E-state index contributed by atoms with van der Waals surface area (Å²) < 4.78 is 20.9. The van der Waals surface area contributed by atoms with Crippen LogP contribution in [0.5, 0.6) is 5.88 Å². The average Bonchev–Trinajstić information content (AvgIpc) is 2.84. The highest BCUT2D eigenvalue weighted by atomic mass is 19.1. The number of hydrogen-bond acceptors (Lipinski definition) is 3. The summed E-state index contributed by atoms with van der Waals surface area (Å²) in [7, 11) is 0. The van der Waals surface area contributed by atoms with Crippen molar-refractivity contribution in [3.05, 3.63) is 42.3 Å². The van der Waals surface area contributed by atoms with Gasteiger partial charge in [-0.25, -0.2) is 4.39 Å². The zero-order chi connectivity index (χ0) is 15.7. The van der Waals surface area contributed by atoms with Gasteiger partial charge < -0.3 is 9.84 Å². The first-order valence-electron chi connectivity index (χ1n) is 6.86. The van der Waals surface area contributed by atoms with Crippen molar-refractivity contribution in [1.82, 2.24) is 9.78 Å². The molecule has 0 saturated carbocycles. The van der Waals surface area contributed by atoms with E-state index >= 15 is 0 Å². The molecular formula is C16H21FN2O2. The molecule has 0 spiro atoms. The molecule has 4 nitrogen and oxygen atoms in total. The minimum atomic E-state index is -1.02. The lowest BCUT2D eigenvalue weighted by Crippen LogP contribution is -2.45. The average molecular weight is 292 g/mol. The Kier molecular flexibility index (Phi) is 4.05. The molecule has 0 aliphatic rings. The van der Waals surface area contributed by atoms with Gasteiger partial charge in [-0.2, -0.15) is 9.78 Å². The van der Waals surface area contributed by atoms with Crippen LogP contribution in [-0.4, -0.2) is 27.1 Å². The number of ether oxygens (including phenoxy) is 1. The molecule has 21 heavy (non-hydrogen) atoms. The molecule has 114 valence electrons. The molecule has 2 rings (SSSR count). The lowest BCUT2D eigenvalue weighted by atomic mass is 9.78. The van der Waals surface area contributed by atoms with E-state index in [-0.39, 0.29) is 17.8 Å². The Morgan fingerprint density at radius 1 is 1.19 bits per heavy atom. The van der Waals surface area contributed by atoms with Crippen LogP contribution in [0.2, 0.25) is 0 Å². The molecule has 1 aromatic carbocycles. The summed E-state index contributed by atoms with van der Waals surface area (Å²) in [5, 5.41) is 14.5. The molecule has 1 aromatic heterocycles. The second-order valence-electron chi connectivity index (χ2n) is 6.35. The van der Waals surface area contributed by atoms with Gasteiger partial charge in [0.2, 0.25) is 5.88 Å². The Hall–Kier alpha value is -1.88. The van der Waals surface area contributed by atoms with E-state index < -0.39 is 5.60 Å². The molecule has 1 heterocycles. The van der Waals surface area contributed by atoms with Crippen molar-refractivity contribution >= 4 is 0 Å². The Morgan fingerprint density at radius 3 is 2.48 bits per heavy atom. The van der Waals surface area contributed by atoms with E-state index in [9.17, 15) is 9.50 Å². The molecule has 0 aliphatic carbocycles. The number of hydrogen-bond donors (Lipinski definition) is 1. The third kappa shape index (κ3) is 3.24. The van der Waals surface area contributed by atoms with Crippen molar-refractivity contribution in [3.63, 3.8) is 0 Å². The van der Waals surface area contributed by atoms with Gasteiger partial charge in [0, 0.05) is 6.07 Å². The summed E-state index contributed by atoms with van der Waals surface area (Å²) in [5.41, 5.74) is -1.04. The predicted molar refractivity (Wildman–Crippen MR) is 79.1 cm³/mol. The van der Waals surface area contributed by atoms with Crippen LogP contribution in [0, 0.1) is 11.2 Å². The number of para-hydroxylation sites is 1. The molecule has 0 radical (unpaired) electrons. The minimum absolute atomic E-state index is 0.0939. The Labute approximate surface area is 124 Å². The van der Waals surface area contributed by atoms with E-state index in [1.54, 1.807) is 31.2 Å². The number of rotatable bonds is 4. The van der Waals surface area contributed by atoms with Crippen LogP contribution in [0.25, 0.3) is 5.69 Å². The number of halogens is 1. The quantitative estimate of drug-likeness (QED) is 0.941. The van der Waals surface area contributed by atoms with Gasteiger partial charge in [-0.1, -0.05) is 32.9 Å². The van der Waals surface area contributed by atoms with E-state index in [0.29, 0.717) is 11.6 Å². The molecule has 0 bridgehead atoms. The molecular weight excluding hydrogens is 271 g/mol. The zero-order valence-corrected chi connectivity index (χ0v) is 12.8. The van der Waals surface area contributed by atoms with Crippen LogP contribution in [-0.2, 0) is 0 Å². The fourth-order valence-corrected chi connectivity index (χ4v) is 1.64. The molecule has 0 saturated heterocycles. The van der Waals surface area contributed by atoms with Crippen molar-refractivity contribution in [3.8, 4) is 11.6 Å². The van der Waals surface area contributed by atoms with Gasteiger partial charge in [0.25, 0.3) is 0 Å². The number of nitrogens with zero attached hydrogens (tertiary/aromatic N) is 2. The highest BCUT2D eigenvalue weighted by Gasteiger charge is 2.36. The summed E-state index contributed by atoms with van der Waals surface area (Å²) in [5.74, 6) is 0.0123. The first-order valence-corrected chi connectivity index (χ1v) is 6.86. The molecule has 0 fully saturated rings. The third-order valence-electron chi connectivity index (χ3n) is 3.81. The predicted octanol–water partition coefficient (Wildman–Crippen LogP) is 3.19. The highest BCUT2D eigenvalue weighted by Crippen LogP contribution is 2.31. The molecule has 1 atom stereocenters. The molecule has 0 unspecified atom stereocenters. The van der Waals surface area contributed by atoms with Crippen LogP contribution >= 0.6 is 0 Å². The maximum Gasteiger partial charge on any atom is 0.216 e. The van der Waals surface area contributed by atoms with Gasteiger partial charge in [-0.3, -0.25) is 0 Å². The first-order chi connectivity index (χ1) is 9.72. The summed E-state index contributed by atoms with van der Waals surface area (Å²) in [6.07, 6.45) is 1.54. The monoisotopic (exact) mass is 292 g/mol. The highest BCUT2D eigenvalue weighted by molar-refractivity contribution is 5.35. The van der Waals surface area contributed by atoms with Gasteiger partial charge in [0.1, 0.15) is 23.7 Å². The lowest BCUT2D eigenvalue weighted by Gasteiger charge is -2.36. The van der Waals surface area contributed by atoms with Gasteiger partial charge in [-0.15, -0.1) is 0 Å². The number of aromatic nitrogens is 2. The van der Waals surface area contributed by atoms with Crippen LogP contribution in [0.15, 0.2) is 36.5 Å². The Morgan fingerprint density at radius 2 is 1.86 bits per heavy atom. The molecule has 5 heteroatoms. The van der Waals surface area contributed by atoms with Crippen molar-refractivity contribution in [2.24, 2.45) is 5.41 Å². The first kappa shape index (κ1) is 15.5. The molecule has 1 N–H and O–H groups in total. The number of aliphatic hydroxyl groups is 1. The van der Waals surface area contributed by atoms with Crippen LogP contribution in [0.1, 0.15) is 27.7 Å². The second-order valence-corrected chi connectivity index (χ2v) is 6.35. The summed E-state index contributed by atoms with van der Waals surface area (Å²) in [4.78, 5) is 0. The molecule has 2 aromatic rings. The van der Waals surface area contributed by atoms with E-state index in [1.165, 1.54) is 16.9 Å². The maximum absolute atomic E-state index is 13.8. The smallest absolute Gasteiger partial charge is 0.216 e. The van der Waals surface area contributed by atoms with E-state index in [4.69, 9.17) is 4.74 Å². The normalized spacial score (nSPS) is 14.8. The van der Waals surface area contributed by atoms with Crippen LogP contribution < -0.4 is 4.74 Å². The summed E-state index contributed by atoms with van der Waals surface area (Å²) in [6.45, 7) is 7.62. The van der Waals surface area contributed by atoms with Gasteiger partial charge in [0.05, 0.1) is 6.20 Å². The lowest BCUT2D eigenvalue weighted by molar-refractivity contribution is -0.0737. The molecule has 0 aliphatic heterocycles. The maximum atomic E-state index is 13.8. The minimum Gasteiger partial charge on any atom is -0.475 e. The van der Waals surface area contributed by atoms with Crippen molar-refractivity contribution in [2.45, 2.75) is 33.3 Å². The third-order valence-corrected chi connectivity index (χ3v) is 3.81. The van der Waals surface area contributed by atoms with Crippen molar-refractivity contribution < 1.29 is 14.2 Å². The van der Waals surface area contributed by atoms with Gasteiger partial charge >= 0.3 is 0 Å². The topological polar surface area (TPSA) is 47.3 Å². The SMILES string of the molecule is CC(C)(C)[C@](C)(O)COc1ccnn1-c1ccccc1F. The second kappa shape index (κ2) is 5.48.